The summed E-state index contributed by atoms with van der Waals surface area (Å²) < 4.78 is 26.2. The highest BCUT2D eigenvalue weighted by molar-refractivity contribution is 5.26. The molecule has 4 rings (SSSR count). The van der Waals surface area contributed by atoms with Gasteiger partial charge in [-0.2, -0.15) is 4.98 Å². The average Bonchev–Trinajstić information content (AvgIpc) is 3.46. The number of nitrogens with one attached hydrogen (secondary N) is 1. The van der Waals surface area contributed by atoms with E-state index in [0.29, 0.717) is 18.4 Å². The van der Waals surface area contributed by atoms with Gasteiger partial charge >= 0.3 is 11.4 Å². The predicted octanol–water partition coefficient (Wildman–Crippen LogP) is -0.562. The van der Waals surface area contributed by atoms with Crippen LogP contribution in [0.4, 0.5) is 10.2 Å². The van der Waals surface area contributed by atoms with Crippen molar-refractivity contribution in [2.24, 2.45) is 5.11 Å². The molecule has 2 fully saturated rings. The van der Waals surface area contributed by atoms with Crippen LogP contribution in [0.1, 0.15) is 37.3 Å². The number of nitrogen functional groups attached to an aromatic ring is 1. The fourth-order valence-corrected chi connectivity index (χ4v) is 3.73. The minimum absolute atomic E-state index is 0.115. The molecule has 0 aliphatic carbocycles. The molecule has 2 aromatic heterocycles. The van der Waals surface area contributed by atoms with Crippen LogP contribution in [0.2, 0.25) is 0 Å². The van der Waals surface area contributed by atoms with Crippen molar-refractivity contribution in [3.05, 3.63) is 65.5 Å². The summed E-state index contributed by atoms with van der Waals surface area (Å²) in [4.78, 5) is 42.6. The standard InChI is InChI=1S/C10H13N5O4.C9H12FN3O3/c1-5-3-15(10(18)12-9(5)17)8-2-6(13-14-11)7(4-16)19-8;10-6-3-13(9(15)12-8(6)11)7-2-1-5(4-14)16-7/h3,6-8,16H,2,4H2,1H3,(H,12,17,18);3,5,7,14H,1-2,4H2,(H2,11,12,15)/t6-,7+,8+;5-,7+/m01/s1. The second kappa shape index (κ2) is 11.2. The number of aromatic amines is 1. The summed E-state index contributed by atoms with van der Waals surface area (Å²) in [6.07, 6.45) is 1.59. The van der Waals surface area contributed by atoms with Crippen LogP contribution >= 0.6 is 0 Å². The first kappa shape index (κ1) is 26.1. The zero-order valence-electron chi connectivity index (χ0n) is 18.7. The zero-order valence-corrected chi connectivity index (χ0v) is 18.7. The van der Waals surface area contributed by atoms with Gasteiger partial charge in [-0.3, -0.25) is 18.9 Å². The highest BCUT2D eigenvalue weighted by atomic mass is 19.1. The smallest absolute Gasteiger partial charge is 0.351 e. The fraction of sp³-hybridized carbons (Fsp3) is 0.579. The molecule has 0 aromatic carbocycles. The highest BCUT2D eigenvalue weighted by Gasteiger charge is 2.35. The molecule has 0 unspecified atom stereocenters. The summed E-state index contributed by atoms with van der Waals surface area (Å²) in [6, 6.07) is -0.542. The molecule has 0 saturated carbocycles. The second-order valence-electron chi connectivity index (χ2n) is 7.93. The van der Waals surface area contributed by atoms with E-state index in [9.17, 15) is 18.8 Å². The Bertz CT molecular complexity index is 1270. The monoisotopic (exact) mass is 496 g/mol. The van der Waals surface area contributed by atoms with Gasteiger partial charge in [0, 0.05) is 23.1 Å². The van der Waals surface area contributed by atoms with E-state index in [1.807, 2.05) is 0 Å². The highest BCUT2D eigenvalue weighted by Crippen LogP contribution is 2.30. The number of aryl methyl sites for hydroxylation is 1. The van der Waals surface area contributed by atoms with Crippen molar-refractivity contribution in [1.82, 2.24) is 19.1 Å². The van der Waals surface area contributed by atoms with Gasteiger partial charge in [-0.1, -0.05) is 5.11 Å². The number of aliphatic hydroxyl groups excluding tert-OH is 2. The van der Waals surface area contributed by atoms with E-state index in [4.69, 9.17) is 31.0 Å². The van der Waals surface area contributed by atoms with Gasteiger partial charge in [0.2, 0.25) is 0 Å². The van der Waals surface area contributed by atoms with Crippen LogP contribution in [-0.4, -0.2) is 60.8 Å². The van der Waals surface area contributed by atoms with Gasteiger partial charge in [0.1, 0.15) is 12.5 Å². The van der Waals surface area contributed by atoms with E-state index >= 15 is 0 Å². The van der Waals surface area contributed by atoms with Gasteiger partial charge in [-0.05, 0) is 25.3 Å². The quantitative estimate of drug-likeness (QED) is 0.236. The number of H-pyrrole nitrogens is 1. The van der Waals surface area contributed by atoms with E-state index in [1.54, 1.807) is 6.92 Å². The molecule has 2 saturated heterocycles. The Hall–Kier alpha value is -3.56. The van der Waals surface area contributed by atoms with E-state index in [1.165, 1.54) is 10.8 Å². The Morgan fingerprint density at radius 3 is 2.60 bits per heavy atom. The van der Waals surface area contributed by atoms with E-state index in [2.05, 4.69) is 20.0 Å². The van der Waals surface area contributed by atoms with Crippen molar-refractivity contribution in [2.45, 2.75) is 56.9 Å². The third kappa shape index (κ3) is 5.93. The van der Waals surface area contributed by atoms with Crippen LogP contribution in [0.5, 0.6) is 0 Å². The van der Waals surface area contributed by atoms with Crippen LogP contribution in [0, 0.1) is 12.7 Å². The fourth-order valence-electron chi connectivity index (χ4n) is 3.73. The van der Waals surface area contributed by atoms with Crippen LogP contribution < -0.4 is 22.7 Å². The minimum atomic E-state index is -0.754. The van der Waals surface area contributed by atoms with Crippen molar-refractivity contribution < 1.29 is 24.1 Å². The minimum Gasteiger partial charge on any atom is -0.394 e. The first-order chi connectivity index (χ1) is 16.7. The lowest BCUT2D eigenvalue weighted by Gasteiger charge is -2.14. The number of anilines is 1. The molecule has 35 heavy (non-hydrogen) atoms. The molecular weight excluding hydrogens is 471 g/mol. The van der Waals surface area contributed by atoms with Gasteiger partial charge in [0.05, 0.1) is 37.7 Å². The number of nitrogens with two attached hydrogens (primary N) is 1. The molecular formula is C19H25FN8O7. The Morgan fingerprint density at radius 1 is 1.23 bits per heavy atom. The molecule has 16 heteroatoms. The second-order valence-corrected chi connectivity index (χ2v) is 7.93. The van der Waals surface area contributed by atoms with Crippen LogP contribution in [0.3, 0.4) is 0 Å². The van der Waals surface area contributed by atoms with Crippen LogP contribution in [0.15, 0.2) is 31.9 Å². The maximum absolute atomic E-state index is 13.1. The van der Waals surface area contributed by atoms with Crippen LogP contribution in [0.25, 0.3) is 10.4 Å². The molecule has 0 amide bonds. The number of aliphatic hydroxyl groups is 2. The molecule has 5 N–H and O–H groups in total. The lowest BCUT2D eigenvalue weighted by molar-refractivity contribution is -0.0271. The molecule has 0 bridgehead atoms. The van der Waals surface area contributed by atoms with Gasteiger partial charge in [-0.25, -0.2) is 14.0 Å². The number of halogens is 1. The topological polar surface area (TPSA) is 223 Å². The Balaban J connectivity index is 0.000000198. The van der Waals surface area contributed by atoms with Crippen molar-refractivity contribution in [2.75, 3.05) is 18.9 Å². The molecule has 2 aromatic rings. The zero-order chi connectivity index (χ0) is 25.7. The van der Waals surface area contributed by atoms with Gasteiger partial charge in [0.15, 0.2) is 11.6 Å². The SMILES string of the molecule is Cc1cn([C@H]2C[C@H](N=[N+]=[N-])[C@@H](CO)O2)c(=O)[nH]c1=O.Nc1nc(=O)n([C@@H]2CC[C@H](CO)O2)cc1F. The maximum atomic E-state index is 13.1. The molecule has 5 atom stereocenters. The Labute approximate surface area is 196 Å². The number of hydrogen-bond donors (Lipinski definition) is 4. The average molecular weight is 496 g/mol. The molecule has 15 nitrogen and oxygen atoms in total. The maximum Gasteiger partial charge on any atom is 0.351 e. The van der Waals surface area contributed by atoms with Gasteiger partial charge < -0.3 is 25.4 Å². The number of ether oxygens (including phenoxy) is 2. The summed E-state index contributed by atoms with van der Waals surface area (Å²) >= 11 is 0. The first-order valence-corrected chi connectivity index (χ1v) is 10.6. The number of nitrogens with zero attached hydrogens (tertiary/aromatic N) is 6. The summed E-state index contributed by atoms with van der Waals surface area (Å²) in [7, 11) is 0. The lowest BCUT2D eigenvalue weighted by Crippen LogP contribution is -2.33. The molecule has 4 heterocycles. The van der Waals surface area contributed by atoms with Crippen molar-refractivity contribution >= 4 is 5.82 Å². The summed E-state index contributed by atoms with van der Waals surface area (Å²) in [5.41, 5.74) is 12.3. The molecule has 2 aliphatic heterocycles. The van der Waals surface area contributed by atoms with E-state index < -0.39 is 53.2 Å². The molecule has 190 valence electrons. The van der Waals surface area contributed by atoms with E-state index in [0.717, 1.165) is 10.8 Å². The number of rotatable bonds is 5. The third-order valence-electron chi connectivity index (χ3n) is 5.57. The summed E-state index contributed by atoms with van der Waals surface area (Å²) in [6.45, 7) is 1.14. The van der Waals surface area contributed by atoms with E-state index in [-0.39, 0.29) is 25.7 Å². The number of aromatic nitrogens is 4. The lowest BCUT2D eigenvalue weighted by atomic mass is 10.1. The molecule has 2 aliphatic rings. The molecule has 0 radical (unpaired) electrons. The Morgan fingerprint density at radius 2 is 1.97 bits per heavy atom. The largest absolute Gasteiger partial charge is 0.394 e. The van der Waals surface area contributed by atoms with Crippen molar-refractivity contribution in [1.29, 1.82) is 0 Å². The first-order valence-electron chi connectivity index (χ1n) is 10.6. The summed E-state index contributed by atoms with van der Waals surface area (Å²) in [5, 5.41) is 21.5. The van der Waals surface area contributed by atoms with Crippen molar-refractivity contribution in [3.8, 4) is 0 Å². The summed E-state index contributed by atoms with van der Waals surface area (Å²) in [5.74, 6) is -1.17. The van der Waals surface area contributed by atoms with Gasteiger partial charge in [0.25, 0.3) is 5.56 Å². The van der Waals surface area contributed by atoms with Gasteiger partial charge in [-0.15, -0.1) is 0 Å². The van der Waals surface area contributed by atoms with Crippen LogP contribution in [-0.2, 0) is 9.47 Å². The third-order valence-corrected chi connectivity index (χ3v) is 5.57. The Kier molecular flexibility index (Phi) is 8.37. The molecule has 0 spiro atoms. The van der Waals surface area contributed by atoms with Crippen molar-refractivity contribution in [3.63, 3.8) is 0 Å². The number of azide groups is 1. The normalized spacial score (nSPS) is 25.5. The number of hydrogen-bond acceptors (Lipinski definition) is 10. The predicted molar refractivity (Wildman–Crippen MR) is 118 cm³/mol.